The molecule has 4 aromatic rings. The number of amides is 2. The van der Waals surface area contributed by atoms with Gasteiger partial charge in [0.05, 0.1) is 39.6 Å². The molecule has 0 saturated carbocycles. The third-order valence-corrected chi connectivity index (χ3v) is 18.0. The van der Waals surface area contributed by atoms with Crippen molar-refractivity contribution in [2.24, 2.45) is 0 Å². The fourth-order valence-electron chi connectivity index (χ4n) is 11.5. The minimum absolute atomic E-state index is 0.0194. The highest BCUT2D eigenvalue weighted by molar-refractivity contribution is 7.99. The molecule has 16 heteroatoms. The number of carbonyl (C=O) groups is 4. The van der Waals surface area contributed by atoms with Crippen LogP contribution in [0.2, 0.25) is 0 Å². The average Bonchev–Trinajstić information content (AvgIpc) is 0.824. The molecule has 0 aliphatic carbocycles. The van der Waals surface area contributed by atoms with Crippen LogP contribution in [-0.2, 0) is 83.4 Å². The Morgan fingerprint density at radius 1 is 0.484 bits per heavy atom. The minimum atomic E-state index is -1.08. The van der Waals surface area contributed by atoms with E-state index < -0.39 is 60.5 Å². The third kappa shape index (κ3) is 37.8. The minimum Gasteiger partial charge on any atom is -0.462 e. The Morgan fingerprint density at radius 3 is 1.35 bits per heavy atom. The number of unbranched alkanes of at least 4 members (excludes halogenated alkanes) is 24. The van der Waals surface area contributed by atoms with Gasteiger partial charge in [-0.25, -0.2) is 4.79 Å². The smallest absolute Gasteiger partial charge is 0.408 e. The van der Waals surface area contributed by atoms with E-state index in [1.165, 1.54) is 134 Å². The van der Waals surface area contributed by atoms with Crippen molar-refractivity contribution in [1.29, 1.82) is 0 Å². The quantitative estimate of drug-likeness (QED) is 0.0243. The van der Waals surface area contributed by atoms with Crippen LogP contribution in [0, 0.1) is 0 Å². The summed E-state index contributed by atoms with van der Waals surface area (Å²) in [7, 11) is 0. The summed E-state index contributed by atoms with van der Waals surface area (Å²) in [5.74, 6) is -0.866. The lowest BCUT2D eigenvalue weighted by atomic mass is 9.97. The number of thioether (sulfide) groups is 1. The maximum absolute atomic E-state index is 14.3. The number of nitrogens with one attached hydrogen (secondary N) is 2. The van der Waals surface area contributed by atoms with E-state index >= 15 is 0 Å². The van der Waals surface area contributed by atoms with E-state index in [-0.39, 0.29) is 76.1 Å². The molecule has 0 spiro atoms. The normalized spacial score (nSPS) is 17.0. The summed E-state index contributed by atoms with van der Waals surface area (Å²) in [6.07, 6.45) is 26.4. The Balaban J connectivity index is 1.23. The predicted molar refractivity (Wildman–Crippen MR) is 381 cm³/mol. The van der Waals surface area contributed by atoms with Crippen molar-refractivity contribution in [3.05, 3.63) is 144 Å². The Bertz CT molecular complexity index is 2560. The topological polar surface area (TPSA) is 175 Å². The molecule has 1 aliphatic rings. The van der Waals surface area contributed by atoms with Gasteiger partial charge < -0.3 is 53.3 Å². The van der Waals surface area contributed by atoms with Gasteiger partial charge in [-0.15, -0.1) is 0 Å². The van der Waals surface area contributed by atoms with Gasteiger partial charge in [-0.1, -0.05) is 289 Å². The molecule has 1 fully saturated rings. The van der Waals surface area contributed by atoms with E-state index in [9.17, 15) is 19.2 Å². The molecule has 1 saturated heterocycles. The Labute approximate surface area is 576 Å². The lowest BCUT2D eigenvalue weighted by Crippen LogP contribution is -2.62. The largest absolute Gasteiger partial charge is 0.462 e. The molecular formula is C79H120N2O13S. The number of ether oxygens (including phenoxy) is 9. The van der Waals surface area contributed by atoms with Crippen LogP contribution in [0.25, 0.3) is 0 Å². The van der Waals surface area contributed by atoms with Crippen LogP contribution < -0.4 is 10.6 Å². The van der Waals surface area contributed by atoms with Crippen molar-refractivity contribution in [2.45, 2.75) is 289 Å². The molecule has 15 nitrogen and oxygen atoms in total. The lowest BCUT2D eigenvalue weighted by Gasteiger charge is -2.46. The van der Waals surface area contributed by atoms with Crippen LogP contribution in [-0.4, -0.2) is 110 Å². The molecule has 1 aliphatic heterocycles. The van der Waals surface area contributed by atoms with Gasteiger partial charge in [0.2, 0.25) is 5.91 Å². The van der Waals surface area contributed by atoms with Crippen LogP contribution in [0.15, 0.2) is 121 Å². The van der Waals surface area contributed by atoms with Gasteiger partial charge in [0, 0.05) is 30.9 Å². The first-order valence-electron chi connectivity index (χ1n) is 36.5. The van der Waals surface area contributed by atoms with Crippen LogP contribution in [0.3, 0.4) is 0 Å². The Morgan fingerprint density at radius 2 is 0.895 bits per heavy atom. The van der Waals surface area contributed by atoms with Gasteiger partial charge in [0.15, 0.2) is 6.29 Å². The van der Waals surface area contributed by atoms with Crippen LogP contribution in [0.5, 0.6) is 0 Å². The zero-order valence-electron chi connectivity index (χ0n) is 58.7. The van der Waals surface area contributed by atoms with Crippen molar-refractivity contribution < 1.29 is 61.8 Å². The van der Waals surface area contributed by atoms with Crippen molar-refractivity contribution >= 4 is 35.7 Å². The average molecular weight is 1340 g/mol. The van der Waals surface area contributed by atoms with Gasteiger partial charge in [0.25, 0.3) is 0 Å². The number of hydrogen-bond acceptors (Lipinski definition) is 14. The van der Waals surface area contributed by atoms with Crippen molar-refractivity contribution in [3.63, 3.8) is 0 Å². The first-order chi connectivity index (χ1) is 46.4. The van der Waals surface area contributed by atoms with Gasteiger partial charge in [-0.3, -0.25) is 14.4 Å². The summed E-state index contributed by atoms with van der Waals surface area (Å²) >= 11 is 1.31. The summed E-state index contributed by atoms with van der Waals surface area (Å²) in [6.45, 7) is 10.9. The summed E-state index contributed by atoms with van der Waals surface area (Å²) in [6, 6.07) is 38.6. The summed E-state index contributed by atoms with van der Waals surface area (Å²) in [5, 5.41) is 5.75. The van der Waals surface area contributed by atoms with Gasteiger partial charge in [-0.2, -0.15) is 11.8 Å². The molecule has 0 unspecified atom stereocenters. The second-order valence-corrected chi connectivity index (χ2v) is 27.6. The number of esters is 2. The molecular weight excluding hydrogens is 1220 g/mol. The SMILES string of the molecule is CCCCCCCCCCCCCCCC(=O)OC[C@@H](CSC[C@H](NC(=O)OC(C)(C)C)C(=O)NCCO[C@H]1O[C@H](COCc2ccccc2)[C@H](OCc2ccccc2)[C@H](OCc2ccccc2)[C@H]1OCc1ccccc1)OC(=O)CCCCCCCCCCCCCCC. The van der Waals surface area contributed by atoms with Crippen LogP contribution >= 0.6 is 11.8 Å². The molecule has 5 rings (SSSR count). The van der Waals surface area contributed by atoms with E-state index in [1.807, 2.05) is 121 Å². The van der Waals surface area contributed by atoms with E-state index in [1.54, 1.807) is 20.8 Å². The summed E-state index contributed by atoms with van der Waals surface area (Å²) in [5.41, 5.74) is 3.03. The van der Waals surface area contributed by atoms with Gasteiger partial charge >= 0.3 is 18.0 Å². The Hall–Kier alpha value is -5.33. The molecule has 7 atom stereocenters. The fourth-order valence-corrected chi connectivity index (χ4v) is 12.5. The molecule has 0 bridgehead atoms. The predicted octanol–water partition coefficient (Wildman–Crippen LogP) is 17.9. The van der Waals surface area contributed by atoms with E-state index in [0.29, 0.717) is 19.4 Å². The monoisotopic (exact) mass is 1340 g/mol. The second kappa shape index (κ2) is 50.9. The highest BCUT2D eigenvalue weighted by Crippen LogP contribution is 2.32. The summed E-state index contributed by atoms with van der Waals surface area (Å²) < 4.78 is 57.9. The fraction of sp³-hybridized carbons (Fsp3) is 0.646. The Kier molecular flexibility index (Phi) is 43.1. The van der Waals surface area contributed by atoms with Crippen molar-refractivity contribution in [3.8, 4) is 0 Å². The number of benzene rings is 4. The van der Waals surface area contributed by atoms with Gasteiger partial charge in [-0.05, 0) is 55.9 Å². The second-order valence-electron chi connectivity index (χ2n) is 26.5. The number of carbonyl (C=O) groups excluding carboxylic acids is 4. The first-order valence-corrected chi connectivity index (χ1v) is 37.6. The maximum Gasteiger partial charge on any atom is 0.408 e. The lowest BCUT2D eigenvalue weighted by molar-refractivity contribution is -0.328. The van der Waals surface area contributed by atoms with Crippen molar-refractivity contribution in [1.82, 2.24) is 10.6 Å². The first kappa shape index (κ1) is 80.4. The van der Waals surface area contributed by atoms with E-state index in [2.05, 4.69) is 24.5 Å². The molecule has 2 amide bonds. The van der Waals surface area contributed by atoms with Gasteiger partial charge in [0.1, 0.15) is 48.8 Å². The molecule has 2 N–H and O–H groups in total. The molecule has 0 radical (unpaired) electrons. The zero-order chi connectivity index (χ0) is 67.7. The van der Waals surface area contributed by atoms with E-state index in [4.69, 9.17) is 42.6 Å². The van der Waals surface area contributed by atoms with E-state index in [0.717, 1.165) is 60.8 Å². The maximum atomic E-state index is 14.3. The highest BCUT2D eigenvalue weighted by Gasteiger charge is 2.49. The molecule has 1 heterocycles. The molecule has 95 heavy (non-hydrogen) atoms. The standard InChI is InChI=1S/C79H120N2O13S/c1-6-8-10-12-14-16-18-20-22-24-26-28-42-52-71(82)88-60-68(92-72(83)53-43-29-27-25-23-21-19-17-15-13-11-9-7-2)62-95-63-69(81-78(85)94-79(3,4)5)76(84)80-54-55-87-77-75(91-59-67-50-40-33-41-51-67)74(90-58-66-48-38-32-39-49-66)73(89-57-65-46-36-31-37-47-65)70(93-77)61-86-56-64-44-34-30-35-45-64/h30-41,44-51,68-70,73-75,77H,6-29,42-43,52-63H2,1-5H3,(H,80,84)(H,81,85)/t68-,69-,70+,73-,74-,75+,77-/m0/s1. The van der Waals surface area contributed by atoms with Crippen LogP contribution in [0.1, 0.15) is 237 Å². The van der Waals surface area contributed by atoms with Crippen LogP contribution in [0.4, 0.5) is 4.79 Å². The molecule has 4 aromatic carbocycles. The number of alkyl carbamates (subject to hydrolysis) is 1. The molecule has 530 valence electrons. The van der Waals surface area contributed by atoms with Crippen molar-refractivity contribution in [2.75, 3.05) is 37.9 Å². The zero-order valence-corrected chi connectivity index (χ0v) is 59.5. The highest BCUT2D eigenvalue weighted by atomic mass is 32.2. The summed E-state index contributed by atoms with van der Waals surface area (Å²) in [4.78, 5) is 54.3. The molecule has 0 aromatic heterocycles. The number of hydrogen-bond donors (Lipinski definition) is 2. The third-order valence-electron chi connectivity index (χ3n) is 16.8. The number of rotatable bonds is 54.